The maximum Gasteiger partial charge on any atom is 0.315 e. The quantitative estimate of drug-likeness (QED) is 0.574. The number of nitrogens with zero attached hydrogens (tertiary/aromatic N) is 1. The zero-order chi connectivity index (χ0) is 10.4. The van der Waals surface area contributed by atoms with Gasteiger partial charge < -0.3 is 15.1 Å². The van der Waals surface area contributed by atoms with E-state index < -0.39 is 17.8 Å². The standard InChI is InChI=1S/C8H15NO4/c1-3-9(4-5-10)7(11)6(2)8(12)13/h6,10H,3-5H2,1-2H3,(H,12,13). The summed E-state index contributed by atoms with van der Waals surface area (Å²) in [6.45, 7) is 3.53. The zero-order valence-corrected chi connectivity index (χ0v) is 7.86. The van der Waals surface area contributed by atoms with E-state index in [0.29, 0.717) is 6.54 Å². The third-order valence-electron chi connectivity index (χ3n) is 1.80. The number of carboxylic acids is 1. The zero-order valence-electron chi connectivity index (χ0n) is 7.86. The molecule has 1 atom stereocenters. The van der Waals surface area contributed by atoms with Crippen molar-refractivity contribution < 1.29 is 19.8 Å². The van der Waals surface area contributed by atoms with Crippen molar-refractivity contribution in [2.24, 2.45) is 5.92 Å². The minimum Gasteiger partial charge on any atom is -0.481 e. The predicted molar refractivity (Wildman–Crippen MR) is 46.1 cm³/mol. The van der Waals surface area contributed by atoms with Crippen molar-refractivity contribution in [3.05, 3.63) is 0 Å². The first kappa shape index (κ1) is 11.9. The van der Waals surface area contributed by atoms with Gasteiger partial charge in [0, 0.05) is 13.1 Å². The Labute approximate surface area is 77.0 Å². The lowest BCUT2D eigenvalue weighted by Gasteiger charge is -2.21. The third-order valence-corrected chi connectivity index (χ3v) is 1.80. The van der Waals surface area contributed by atoms with Gasteiger partial charge in [0.25, 0.3) is 0 Å². The molecule has 0 heterocycles. The van der Waals surface area contributed by atoms with E-state index in [1.807, 2.05) is 0 Å². The fourth-order valence-electron chi connectivity index (χ4n) is 0.924. The second-order valence-corrected chi connectivity index (χ2v) is 2.70. The van der Waals surface area contributed by atoms with E-state index >= 15 is 0 Å². The number of hydrogen-bond acceptors (Lipinski definition) is 3. The van der Waals surface area contributed by atoms with Gasteiger partial charge in [0.1, 0.15) is 5.92 Å². The number of aliphatic carboxylic acids is 1. The Morgan fingerprint density at radius 2 is 2.00 bits per heavy atom. The van der Waals surface area contributed by atoms with Crippen LogP contribution in [0.4, 0.5) is 0 Å². The Kier molecular flexibility index (Phi) is 5.06. The second-order valence-electron chi connectivity index (χ2n) is 2.70. The molecule has 0 radical (unpaired) electrons. The average molecular weight is 189 g/mol. The summed E-state index contributed by atoms with van der Waals surface area (Å²) >= 11 is 0. The molecular weight excluding hydrogens is 174 g/mol. The molecule has 0 saturated carbocycles. The number of hydrogen-bond donors (Lipinski definition) is 2. The Hall–Kier alpha value is -1.10. The van der Waals surface area contributed by atoms with E-state index in [2.05, 4.69) is 0 Å². The van der Waals surface area contributed by atoms with Gasteiger partial charge >= 0.3 is 5.97 Å². The van der Waals surface area contributed by atoms with Crippen LogP contribution in [-0.4, -0.2) is 46.7 Å². The van der Waals surface area contributed by atoms with Crippen LogP contribution in [0, 0.1) is 5.92 Å². The van der Waals surface area contributed by atoms with Crippen LogP contribution >= 0.6 is 0 Å². The molecular formula is C8H15NO4. The van der Waals surface area contributed by atoms with Crippen LogP contribution in [-0.2, 0) is 9.59 Å². The summed E-state index contributed by atoms with van der Waals surface area (Å²) in [5, 5.41) is 17.2. The largest absolute Gasteiger partial charge is 0.481 e. The highest BCUT2D eigenvalue weighted by Crippen LogP contribution is 2.02. The number of rotatable bonds is 5. The lowest BCUT2D eigenvalue weighted by molar-refractivity contribution is -0.150. The summed E-state index contributed by atoms with van der Waals surface area (Å²) < 4.78 is 0. The molecule has 1 unspecified atom stereocenters. The molecule has 0 fully saturated rings. The first-order chi connectivity index (χ1) is 6.04. The minimum atomic E-state index is -1.14. The van der Waals surface area contributed by atoms with E-state index in [1.165, 1.54) is 11.8 Å². The summed E-state index contributed by atoms with van der Waals surface area (Å²) in [6, 6.07) is 0. The van der Waals surface area contributed by atoms with Crippen molar-refractivity contribution in [3.8, 4) is 0 Å². The first-order valence-corrected chi connectivity index (χ1v) is 4.17. The number of amides is 1. The van der Waals surface area contributed by atoms with Crippen molar-refractivity contribution in [2.75, 3.05) is 19.7 Å². The van der Waals surface area contributed by atoms with Crippen LogP contribution in [0.5, 0.6) is 0 Å². The SMILES string of the molecule is CCN(CCO)C(=O)C(C)C(=O)O. The van der Waals surface area contributed by atoms with Crippen LogP contribution in [0.25, 0.3) is 0 Å². The molecule has 0 spiro atoms. The van der Waals surface area contributed by atoms with E-state index in [-0.39, 0.29) is 13.2 Å². The maximum atomic E-state index is 11.3. The topological polar surface area (TPSA) is 77.8 Å². The summed E-state index contributed by atoms with van der Waals surface area (Å²) in [6.07, 6.45) is 0. The molecule has 0 aliphatic heterocycles. The van der Waals surface area contributed by atoms with E-state index in [9.17, 15) is 9.59 Å². The second kappa shape index (κ2) is 5.53. The maximum absolute atomic E-state index is 11.3. The summed E-state index contributed by atoms with van der Waals surface area (Å²) in [5.74, 6) is -2.63. The van der Waals surface area contributed by atoms with Gasteiger partial charge in [-0.1, -0.05) is 0 Å². The molecule has 1 amide bonds. The van der Waals surface area contributed by atoms with Gasteiger partial charge in [0.2, 0.25) is 5.91 Å². The smallest absolute Gasteiger partial charge is 0.315 e. The van der Waals surface area contributed by atoms with Gasteiger partial charge in [0.15, 0.2) is 0 Å². The monoisotopic (exact) mass is 189 g/mol. The lowest BCUT2D eigenvalue weighted by atomic mass is 10.1. The van der Waals surface area contributed by atoms with E-state index in [1.54, 1.807) is 6.92 Å². The van der Waals surface area contributed by atoms with Crippen molar-refractivity contribution in [1.29, 1.82) is 0 Å². The number of carbonyl (C=O) groups excluding carboxylic acids is 1. The molecule has 13 heavy (non-hydrogen) atoms. The van der Waals surface area contributed by atoms with E-state index in [0.717, 1.165) is 0 Å². The molecule has 2 N–H and O–H groups in total. The van der Waals surface area contributed by atoms with Crippen molar-refractivity contribution in [3.63, 3.8) is 0 Å². The number of carbonyl (C=O) groups is 2. The normalized spacial score (nSPS) is 12.2. The highest BCUT2D eigenvalue weighted by Gasteiger charge is 2.24. The lowest BCUT2D eigenvalue weighted by Crippen LogP contribution is -2.39. The highest BCUT2D eigenvalue weighted by atomic mass is 16.4. The molecule has 0 aliphatic carbocycles. The van der Waals surface area contributed by atoms with Gasteiger partial charge in [-0.3, -0.25) is 9.59 Å². The van der Waals surface area contributed by atoms with Crippen LogP contribution in [0.15, 0.2) is 0 Å². The number of aliphatic hydroxyl groups is 1. The predicted octanol–water partition coefficient (Wildman–Crippen LogP) is -0.452. The summed E-state index contributed by atoms with van der Waals surface area (Å²) in [4.78, 5) is 23.1. The molecule has 76 valence electrons. The summed E-state index contributed by atoms with van der Waals surface area (Å²) in [5.41, 5.74) is 0. The number of likely N-dealkylation sites (N-methyl/N-ethyl adjacent to an activating group) is 1. The van der Waals surface area contributed by atoms with Crippen molar-refractivity contribution in [2.45, 2.75) is 13.8 Å². The van der Waals surface area contributed by atoms with Crippen LogP contribution in [0.3, 0.4) is 0 Å². The summed E-state index contributed by atoms with van der Waals surface area (Å²) in [7, 11) is 0. The minimum absolute atomic E-state index is 0.147. The van der Waals surface area contributed by atoms with Crippen molar-refractivity contribution in [1.82, 2.24) is 4.90 Å². The molecule has 5 nitrogen and oxygen atoms in total. The molecule has 0 aromatic heterocycles. The Morgan fingerprint density at radius 1 is 1.46 bits per heavy atom. The first-order valence-electron chi connectivity index (χ1n) is 4.17. The Bertz CT molecular complexity index is 193. The Balaban J connectivity index is 4.27. The number of carboxylic acid groups (broad SMARTS) is 1. The van der Waals surface area contributed by atoms with Crippen LogP contribution in [0.1, 0.15) is 13.8 Å². The highest BCUT2D eigenvalue weighted by molar-refractivity contribution is 5.96. The molecule has 0 aliphatic rings. The van der Waals surface area contributed by atoms with E-state index in [4.69, 9.17) is 10.2 Å². The molecule has 5 heteroatoms. The number of aliphatic hydroxyl groups excluding tert-OH is 1. The van der Waals surface area contributed by atoms with Crippen LogP contribution < -0.4 is 0 Å². The van der Waals surface area contributed by atoms with Gasteiger partial charge in [-0.15, -0.1) is 0 Å². The van der Waals surface area contributed by atoms with Gasteiger partial charge in [0.05, 0.1) is 6.61 Å². The molecule has 0 aromatic carbocycles. The van der Waals surface area contributed by atoms with Gasteiger partial charge in [-0.2, -0.15) is 0 Å². The molecule has 0 aromatic rings. The van der Waals surface area contributed by atoms with Gasteiger partial charge in [-0.25, -0.2) is 0 Å². The molecule has 0 rings (SSSR count). The van der Waals surface area contributed by atoms with Gasteiger partial charge in [-0.05, 0) is 13.8 Å². The fourth-order valence-corrected chi connectivity index (χ4v) is 0.924. The molecule has 0 bridgehead atoms. The third kappa shape index (κ3) is 3.42. The average Bonchev–Trinajstić information content (AvgIpc) is 2.11. The Morgan fingerprint density at radius 3 is 2.31 bits per heavy atom. The fraction of sp³-hybridized carbons (Fsp3) is 0.750. The molecule has 0 saturated heterocycles. The van der Waals surface area contributed by atoms with Crippen LogP contribution in [0.2, 0.25) is 0 Å². The van der Waals surface area contributed by atoms with Crippen molar-refractivity contribution >= 4 is 11.9 Å².